The number of aliphatic hydroxyl groups excluding tert-OH is 1. The number of nitrogens with zero attached hydrogens (tertiary/aromatic N) is 3. The van der Waals surface area contributed by atoms with Gasteiger partial charge in [0.05, 0.1) is 17.8 Å². The third kappa shape index (κ3) is 2.54. The lowest BCUT2D eigenvalue weighted by molar-refractivity contribution is 0.347. The minimum atomic E-state index is 0.220. The molecule has 0 atom stereocenters. The van der Waals surface area contributed by atoms with Crippen LogP contribution in [0.4, 0.5) is 0 Å². The number of nitrogens with one attached hydrogen (secondary N) is 1. The number of amidine groups is 1. The van der Waals surface area contributed by atoms with E-state index < -0.39 is 0 Å². The van der Waals surface area contributed by atoms with Crippen molar-refractivity contribution in [3.8, 4) is 0 Å². The lowest BCUT2D eigenvalue weighted by atomic mass is 10.2. The van der Waals surface area contributed by atoms with E-state index in [9.17, 15) is 5.11 Å². The zero-order valence-electron chi connectivity index (χ0n) is 11.9. The van der Waals surface area contributed by atoms with Crippen LogP contribution in [0.3, 0.4) is 0 Å². The lowest BCUT2D eigenvalue weighted by Crippen LogP contribution is -2.26. The fourth-order valence-electron chi connectivity index (χ4n) is 2.29. The molecule has 0 fully saturated rings. The monoisotopic (exact) mass is 300 g/mol. The Morgan fingerprint density at radius 3 is 2.86 bits per heavy atom. The number of hydrogen-bond donors (Lipinski definition) is 2. The van der Waals surface area contributed by atoms with Crippen molar-refractivity contribution in [2.75, 3.05) is 6.54 Å². The molecular formula is C15H16N4OS. The summed E-state index contributed by atoms with van der Waals surface area (Å²) in [6.07, 6.45) is 3.50. The van der Waals surface area contributed by atoms with E-state index in [1.807, 2.05) is 30.9 Å². The van der Waals surface area contributed by atoms with Crippen molar-refractivity contribution >= 4 is 22.7 Å². The molecule has 2 aromatic rings. The van der Waals surface area contributed by atoms with Crippen molar-refractivity contribution < 1.29 is 5.11 Å². The van der Waals surface area contributed by atoms with Gasteiger partial charge in [-0.25, -0.2) is 4.98 Å². The molecular weight excluding hydrogens is 284 g/mol. The molecule has 0 aliphatic carbocycles. The standard InChI is InChI=1S/C15H16N4OS/c1-9-10(2)21-15(18-9)13-12(20)8-19(14(13)16)7-11-4-3-5-17-6-11/h3-6,16,20H,7-8H2,1-2H3. The van der Waals surface area contributed by atoms with Crippen LogP contribution >= 0.6 is 11.3 Å². The van der Waals surface area contributed by atoms with Gasteiger partial charge in [0.15, 0.2) is 0 Å². The highest BCUT2D eigenvalue weighted by Crippen LogP contribution is 2.31. The molecule has 0 spiro atoms. The average Bonchev–Trinajstić information content (AvgIpc) is 2.92. The number of aliphatic hydroxyl groups is 1. The Kier molecular flexibility index (Phi) is 3.47. The molecule has 6 heteroatoms. The Balaban J connectivity index is 1.84. The number of rotatable bonds is 3. The number of thiazole rings is 1. The van der Waals surface area contributed by atoms with Crippen LogP contribution in [0.5, 0.6) is 0 Å². The third-order valence-corrected chi connectivity index (χ3v) is 4.61. The van der Waals surface area contributed by atoms with Gasteiger partial charge in [-0.05, 0) is 25.5 Å². The molecule has 0 saturated carbocycles. The van der Waals surface area contributed by atoms with Crippen LogP contribution in [-0.4, -0.2) is 32.4 Å². The van der Waals surface area contributed by atoms with Crippen molar-refractivity contribution in [1.82, 2.24) is 14.9 Å². The van der Waals surface area contributed by atoms with Gasteiger partial charge >= 0.3 is 0 Å². The Labute approximate surface area is 127 Å². The molecule has 1 aliphatic heterocycles. The van der Waals surface area contributed by atoms with Crippen molar-refractivity contribution in [2.45, 2.75) is 20.4 Å². The summed E-state index contributed by atoms with van der Waals surface area (Å²) in [4.78, 5) is 11.5. The first-order valence-corrected chi connectivity index (χ1v) is 7.47. The maximum absolute atomic E-state index is 10.2. The van der Waals surface area contributed by atoms with Crippen LogP contribution in [0.1, 0.15) is 21.1 Å². The van der Waals surface area contributed by atoms with E-state index in [1.54, 1.807) is 12.4 Å². The SMILES string of the molecule is Cc1nc(C2=C(O)CN(Cc3cccnc3)C2=N)sc1C. The van der Waals surface area contributed by atoms with Gasteiger partial charge in [0, 0.05) is 23.8 Å². The van der Waals surface area contributed by atoms with Crippen molar-refractivity contribution in [1.29, 1.82) is 5.41 Å². The summed E-state index contributed by atoms with van der Waals surface area (Å²) in [6.45, 7) is 4.85. The Hall–Kier alpha value is -2.21. The number of aromatic nitrogens is 2. The summed E-state index contributed by atoms with van der Waals surface area (Å²) in [5.41, 5.74) is 2.52. The van der Waals surface area contributed by atoms with Gasteiger partial charge in [0.2, 0.25) is 0 Å². The molecule has 2 N–H and O–H groups in total. The van der Waals surface area contributed by atoms with Gasteiger partial charge in [0.25, 0.3) is 0 Å². The van der Waals surface area contributed by atoms with Gasteiger partial charge < -0.3 is 10.0 Å². The third-order valence-electron chi connectivity index (χ3n) is 3.52. The van der Waals surface area contributed by atoms with Crippen LogP contribution in [0.2, 0.25) is 0 Å². The van der Waals surface area contributed by atoms with E-state index >= 15 is 0 Å². The quantitative estimate of drug-likeness (QED) is 0.914. The van der Waals surface area contributed by atoms with Crippen LogP contribution in [-0.2, 0) is 6.54 Å². The van der Waals surface area contributed by atoms with E-state index in [4.69, 9.17) is 5.41 Å². The van der Waals surface area contributed by atoms with Crippen LogP contribution in [0, 0.1) is 19.3 Å². The first-order valence-electron chi connectivity index (χ1n) is 6.65. The van der Waals surface area contributed by atoms with Gasteiger partial charge in [-0.3, -0.25) is 10.4 Å². The van der Waals surface area contributed by atoms with Crippen LogP contribution in [0.25, 0.3) is 5.57 Å². The van der Waals surface area contributed by atoms with Crippen molar-refractivity contribution in [2.24, 2.45) is 0 Å². The summed E-state index contributed by atoms with van der Waals surface area (Å²) >= 11 is 1.52. The summed E-state index contributed by atoms with van der Waals surface area (Å²) < 4.78 is 0. The first kappa shape index (κ1) is 13.8. The van der Waals surface area contributed by atoms with Gasteiger partial charge in [0.1, 0.15) is 16.6 Å². The molecule has 108 valence electrons. The summed E-state index contributed by atoms with van der Waals surface area (Å²) in [6, 6.07) is 3.84. The van der Waals surface area contributed by atoms with Crippen molar-refractivity contribution in [3.05, 3.63) is 51.4 Å². The first-order chi connectivity index (χ1) is 10.1. The smallest absolute Gasteiger partial charge is 0.135 e. The van der Waals surface area contributed by atoms with Gasteiger partial charge in [-0.15, -0.1) is 11.3 Å². The van der Waals surface area contributed by atoms with Crippen LogP contribution in [0.15, 0.2) is 30.3 Å². The highest BCUT2D eigenvalue weighted by atomic mass is 32.1. The second-order valence-electron chi connectivity index (χ2n) is 5.05. The van der Waals surface area contributed by atoms with E-state index in [2.05, 4.69) is 9.97 Å². The summed E-state index contributed by atoms with van der Waals surface area (Å²) in [5, 5.41) is 19.2. The minimum absolute atomic E-state index is 0.220. The minimum Gasteiger partial charge on any atom is -0.510 e. The molecule has 0 radical (unpaired) electrons. The molecule has 5 nitrogen and oxygen atoms in total. The molecule has 0 saturated heterocycles. The lowest BCUT2D eigenvalue weighted by Gasteiger charge is -2.18. The molecule has 21 heavy (non-hydrogen) atoms. The second kappa shape index (κ2) is 5.29. The topological polar surface area (TPSA) is 73.1 Å². The largest absolute Gasteiger partial charge is 0.510 e. The predicted molar refractivity (Wildman–Crippen MR) is 83.5 cm³/mol. The summed E-state index contributed by atoms with van der Waals surface area (Å²) in [7, 11) is 0. The Morgan fingerprint density at radius 1 is 1.43 bits per heavy atom. The molecule has 3 heterocycles. The highest BCUT2D eigenvalue weighted by Gasteiger charge is 2.30. The van der Waals surface area contributed by atoms with E-state index in [1.165, 1.54) is 11.3 Å². The number of hydrogen-bond acceptors (Lipinski definition) is 5. The number of pyridine rings is 1. The maximum atomic E-state index is 10.2. The molecule has 3 rings (SSSR count). The average molecular weight is 300 g/mol. The van der Waals surface area contributed by atoms with E-state index in [-0.39, 0.29) is 5.76 Å². The second-order valence-corrected chi connectivity index (χ2v) is 6.25. The normalized spacial score (nSPS) is 15.1. The number of aryl methyl sites for hydroxylation is 2. The molecule has 0 aromatic carbocycles. The van der Waals surface area contributed by atoms with E-state index in [0.29, 0.717) is 24.5 Å². The summed E-state index contributed by atoms with van der Waals surface area (Å²) in [5.74, 6) is 0.544. The van der Waals surface area contributed by atoms with Crippen molar-refractivity contribution in [3.63, 3.8) is 0 Å². The Bertz CT molecular complexity index is 701. The predicted octanol–water partition coefficient (Wildman–Crippen LogP) is 2.92. The zero-order chi connectivity index (χ0) is 15.0. The fraction of sp³-hybridized carbons (Fsp3) is 0.267. The molecule has 2 aromatic heterocycles. The van der Waals surface area contributed by atoms with Crippen LogP contribution < -0.4 is 0 Å². The Morgan fingerprint density at radius 2 is 2.24 bits per heavy atom. The van der Waals surface area contributed by atoms with Gasteiger partial charge in [-0.2, -0.15) is 0 Å². The molecule has 0 unspecified atom stereocenters. The molecule has 0 bridgehead atoms. The molecule has 1 aliphatic rings. The zero-order valence-corrected chi connectivity index (χ0v) is 12.7. The molecule has 0 amide bonds. The fourth-order valence-corrected chi connectivity index (χ4v) is 3.27. The highest BCUT2D eigenvalue weighted by molar-refractivity contribution is 7.13. The van der Waals surface area contributed by atoms with E-state index in [0.717, 1.165) is 21.1 Å². The maximum Gasteiger partial charge on any atom is 0.135 e. The van der Waals surface area contributed by atoms with Gasteiger partial charge in [-0.1, -0.05) is 6.07 Å².